The van der Waals surface area contributed by atoms with Gasteiger partial charge in [0, 0.05) is 15.7 Å². The molecule has 2 heterocycles. The zero-order chi connectivity index (χ0) is 18.7. The molecule has 2 aliphatic heterocycles. The molecule has 11 heteroatoms. The van der Waals surface area contributed by atoms with Crippen molar-refractivity contribution >= 4 is 47.1 Å². The van der Waals surface area contributed by atoms with Crippen LogP contribution in [0.15, 0.2) is 28.2 Å². The number of hydrogen-bond donors (Lipinski definition) is 4. The molecule has 1 amide bonds. The summed E-state index contributed by atoms with van der Waals surface area (Å²) in [5.41, 5.74) is 0.572. The van der Waals surface area contributed by atoms with E-state index in [1.54, 1.807) is 23.1 Å². The number of aliphatic hydroxyl groups is 2. The highest BCUT2D eigenvalue weighted by Crippen LogP contribution is 2.24. The van der Waals surface area contributed by atoms with Crippen molar-refractivity contribution < 1.29 is 19.7 Å². The largest absolute Gasteiger partial charge is 0.394 e. The number of aliphatic hydroxyl groups excluding tert-OH is 2. The molecule has 2 aliphatic rings. The van der Waals surface area contributed by atoms with E-state index < -0.39 is 18.3 Å². The summed E-state index contributed by atoms with van der Waals surface area (Å²) in [6.45, 7) is -0.618. The van der Waals surface area contributed by atoms with Crippen molar-refractivity contribution in [2.24, 2.45) is 9.98 Å². The highest BCUT2D eigenvalue weighted by Gasteiger charge is 2.40. The number of ether oxygens (including phenoxy) is 1. The third kappa shape index (κ3) is 4.25. The standard InChI is InChI=1S/C15H17Cl2N5O4/c16-8-1-9(17)3-10(2-8)19-15-20-13-12(14(25)21-15)18-6-22(13)7-26-11(4-23)5-24/h1-3,6,11-13,23-24H,4-5,7H2,(H2,19,20,21,25). The van der Waals surface area contributed by atoms with Gasteiger partial charge in [-0.3, -0.25) is 15.1 Å². The van der Waals surface area contributed by atoms with Crippen LogP contribution in [-0.4, -0.2) is 71.6 Å². The summed E-state index contributed by atoms with van der Waals surface area (Å²) in [5.74, 6) is -0.0915. The number of fused-ring (bicyclic) bond motifs is 1. The summed E-state index contributed by atoms with van der Waals surface area (Å²) in [7, 11) is 0. The number of carbonyl (C=O) groups excluding carboxylic acids is 1. The summed E-state index contributed by atoms with van der Waals surface area (Å²) < 4.78 is 5.37. The van der Waals surface area contributed by atoms with E-state index in [1.807, 2.05) is 0 Å². The number of rotatable bonds is 6. The second kappa shape index (κ2) is 8.19. The number of aliphatic imine (C=N–C) groups is 2. The monoisotopic (exact) mass is 401 g/mol. The predicted molar refractivity (Wildman–Crippen MR) is 97.5 cm³/mol. The summed E-state index contributed by atoms with van der Waals surface area (Å²) >= 11 is 11.9. The van der Waals surface area contributed by atoms with Gasteiger partial charge in [-0.1, -0.05) is 23.2 Å². The second-order valence-electron chi connectivity index (χ2n) is 5.67. The van der Waals surface area contributed by atoms with E-state index in [4.69, 9.17) is 38.2 Å². The molecule has 1 aromatic rings. The van der Waals surface area contributed by atoms with Crippen molar-refractivity contribution in [2.75, 3.05) is 25.3 Å². The SMILES string of the molecule is O=C1NC(Nc2cc(Cl)cc(Cl)c2)=NC2C1N=CN2COC(CO)CO. The van der Waals surface area contributed by atoms with Crippen LogP contribution in [0.1, 0.15) is 0 Å². The summed E-state index contributed by atoms with van der Waals surface area (Å²) in [6, 6.07) is 4.18. The fraction of sp³-hybridized carbons (Fsp3) is 0.400. The number of amides is 1. The quantitative estimate of drug-likeness (QED) is 0.542. The number of nitrogens with one attached hydrogen (secondary N) is 2. The fourth-order valence-corrected chi connectivity index (χ4v) is 3.00. The molecule has 26 heavy (non-hydrogen) atoms. The molecule has 0 spiro atoms. The van der Waals surface area contributed by atoms with Gasteiger partial charge in [-0.05, 0) is 18.2 Å². The molecule has 0 aromatic heterocycles. The van der Waals surface area contributed by atoms with Gasteiger partial charge in [0.1, 0.15) is 12.8 Å². The Balaban J connectivity index is 1.72. The Kier molecular flexibility index (Phi) is 5.94. The molecule has 0 fully saturated rings. The first kappa shape index (κ1) is 18.9. The van der Waals surface area contributed by atoms with Crippen LogP contribution in [0, 0.1) is 0 Å². The smallest absolute Gasteiger partial charge is 0.255 e. The maximum atomic E-state index is 12.3. The molecule has 0 radical (unpaired) electrons. The Labute approximate surface area is 159 Å². The maximum Gasteiger partial charge on any atom is 0.255 e. The lowest BCUT2D eigenvalue weighted by atomic mass is 10.2. The van der Waals surface area contributed by atoms with Gasteiger partial charge in [-0.25, -0.2) is 4.99 Å². The fourth-order valence-electron chi connectivity index (χ4n) is 2.48. The minimum atomic E-state index is -0.713. The van der Waals surface area contributed by atoms with Crippen molar-refractivity contribution in [3.8, 4) is 0 Å². The first-order valence-electron chi connectivity index (χ1n) is 7.74. The number of carbonyl (C=O) groups is 1. The van der Waals surface area contributed by atoms with Crippen LogP contribution in [0.2, 0.25) is 10.0 Å². The van der Waals surface area contributed by atoms with E-state index in [0.29, 0.717) is 15.7 Å². The lowest BCUT2D eigenvalue weighted by molar-refractivity contribution is -0.122. The molecule has 1 aromatic carbocycles. The van der Waals surface area contributed by atoms with Crippen LogP contribution in [0.25, 0.3) is 0 Å². The van der Waals surface area contributed by atoms with Crippen LogP contribution in [0.5, 0.6) is 0 Å². The van der Waals surface area contributed by atoms with Crippen LogP contribution < -0.4 is 10.6 Å². The number of anilines is 1. The van der Waals surface area contributed by atoms with E-state index in [9.17, 15) is 4.79 Å². The van der Waals surface area contributed by atoms with Crippen molar-refractivity contribution in [1.82, 2.24) is 10.2 Å². The summed E-state index contributed by atoms with van der Waals surface area (Å²) in [4.78, 5) is 22.4. The Hall–Kier alpha value is -1.91. The van der Waals surface area contributed by atoms with Gasteiger partial charge in [0.05, 0.1) is 19.6 Å². The van der Waals surface area contributed by atoms with E-state index in [-0.39, 0.29) is 31.8 Å². The normalized spacial score (nSPS) is 21.7. The maximum absolute atomic E-state index is 12.3. The number of nitrogens with zero attached hydrogens (tertiary/aromatic N) is 3. The van der Waals surface area contributed by atoms with Gasteiger partial charge in [0.25, 0.3) is 5.91 Å². The van der Waals surface area contributed by atoms with Crippen LogP contribution in [0.3, 0.4) is 0 Å². The van der Waals surface area contributed by atoms with Crippen LogP contribution in [-0.2, 0) is 9.53 Å². The third-order valence-electron chi connectivity index (χ3n) is 3.76. The topological polar surface area (TPSA) is 119 Å². The molecule has 0 aliphatic carbocycles. The number of guanidine groups is 1. The zero-order valence-electron chi connectivity index (χ0n) is 13.5. The van der Waals surface area contributed by atoms with Crippen molar-refractivity contribution in [3.05, 3.63) is 28.2 Å². The van der Waals surface area contributed by atoms with Crippen LogP contribution >= 0.6 is 23.2 Å². The van der Waals surface area contributed by atoms with Crippen molar-refractivity contribution in [3.63, 3.8) is 0 Å². The minimum Gasteiger partial charge on any atom is -0.394 e. The van der Waals surface area contributed by atoms with Crippen LogP contribution in [0.4, 0.5) is 5.69 Å². The number of halogens is 2. The van der Waals surface area contributed by atoms with Gasteiger partial charge >= 0.3 is 0 Å². The first-order valence-corrected chi connectivity index (χ1v) is 8.50. The molecule has 2 atom stereocenters. The molecule has 2 unspecified atom stereocenters. The second-order valence-corrected chi connectivity index (χ2v) is 6.54. The number of hydrogen-bond acceptors (Lipinski definition) is 8. The molecule has 0 saturated carbocycles. The van der Waals surface area contributed by atoms with Gasteiger partial charge in [0.15, 0.2) is 12.2 Å². The average Bonchev–Trinajstić information content (AvgIpc) is 2.98. The van der Waals surface area contributed by atoms with E-state index in [2.05, 4.69) is 20.6 Å². The molecule has 9 nitrogen and oxygen atoms in total. The molecule has 4 N–H and O–H groups in total. The zero-order valence-corrected chi connectivity index (χ0v) is 15.0. The summed E-state index contributed by atoms with van der Waals surface area (Å²) in [6.07, 6.45) is 0.151. The average molecular weight is 402 g/mol. The Morgan fingerprint density at radius 3 is 2.62 bits per heavy atom. The molecule has 0 bridgehead atoms. The highest BCUT2D eigenvalue weighted by atomic mass is 35.5. The van der Waals surface area contributed by atoms with Gasteiger partial charge in [-0.2, -0.15) is 0 Å². The lowest BCUT2D eigenvalue weighted by Gasteiger charge is -2.29. The Morgan fingerprint density at radius 1 is 1.27 bits per heavy atom. The van der Waals surface area contributed by atoms with Gasteiger partial charge < -0.3 is 25.2 Å². The Morgan fingerprint density at radius 2 is 1.96 bits per heavy atom. The Bertz CT molecular complexity index is 720. The predicted octanol–water partition coefficient (Wildman–Crippen LogP) is 0.257. The molecule has 3 rings (SSSR count). The molecular weight excluding hydrogens is 385 g/mol. The van der Waals surface area contributed by atoms with Gasteiger partial charge in [-0.15, -0.1) is 0 Å². The van der Waals surface area contributed by atoms with E-state index >= 15 is 0 Å². The van der Waals surface area contributed by atoms with E-state index in [1.165, 1.54) is 6.34 Å². The van der Waals surface area contributed by atoms with Crippen molar-refractivity contribution in [1.29, 1.82) is 0 Å². The van der Waals surface area contributed by atoms with E-state index in [0.717, 1.165) is 0 Å². The molecule has 0 saturated heterocycles. The third-order valence-corrected chi connectivity index (χ3v) is 4.20. The lowest BCUT2D eigenvalue weighted by Crippen LogP contribution is -2.53. The van der Waals surface area contributed by atoms with Crippen molar-refractivity contribution in [2.45, 2.75) is 18.3 Å². The molecule has 140 valence electrons. The minimum absolute atomic E-state index is 0.0174. The summed E-state index contributed by atoms with van der Waals surface area (Å²) in [5, 5.41) is 24.6. The molecular formula is C15H17Cl2N5O4. The first-order chi connectivity index (χ1) is 12.5. The number of benzene rings is 1. The van der Waals surface area contributed by atoms with Gasteiger partial charge in [0.2, 0.25) is 5.96 Å². The highest BCUT2D eigenvalue weighted by molar-refractivity contribution is 6.35.